The second-order valence-corrected chi connectivity index (χ2v) is 5.76. The molecule has 0 aliphatic rings. The molecule has 2 heterocycles. The highest BCUT2D eigenvalue weighted by atomic mass is 79.9. The van der Waals surface area contributed by atoms with Crippen LogP contribution in [-0.2, 0) is 5.75 Å². The van der Waals surface area contributed by atoms with Crippen LogP contribution in [0.1, 0.15) is 5.82 Å². The molecule has 0 saturated carbocycles. The van der Waals surface area contributed by atoms with Crippen LogP contribution >= 0.6 is 27.7 Å². The molecule has 3 rings (SSSR count). The van der Waals surface area contributed by atoms with Crippen LogP contribution in [-0.4, -0.2) is 25.3 Å². The number of hydrogen-bond donors (Lipinski definition) is 2. The molecule has 0 fully saturated rings. The van der Waals surface area contributed by atoms with Crippen molar-refractivity contribution in [1.29, 1.82) is 0 Å². The highest BCUT2D eigenvalue weighted by Crippen LogP contribution is 2.24. The lowest BCUT2D eigenvalue weighted by Gasteiger charge is -1.97. The molecular weight excluding hydrogens is 344 g/mol. The van der Waals surface area contributed by atoms with Gasteiger partial charge in [0, 0.05) is 9.37 Å². The van der Waals surface area contributed by atoms with Crippen molar-refractivity contribution < 1.29 is 4.52 Å². The fourth-order valence-corrected chi connectivity index (χ4v) is 2.46. The summed E-state index contributed by atoms with van der Waals surface area (Å²) in [4.78, 5) is 9.28. The number of rotatable bonds is 4. The Labute approximate surface area is 126 Å². The van der Waals surface area contributed by atoms with E-state index in [9.17, 15) is 0 Å². The monoisotopic (exact) mass is 352 g/mol. The lowest BCUT2D eigenvalue weighted by Crippen LogP contribution is -1.86. The maximum absolute atomic E-state index is 5.42. The number of nitrogens with one attached hydrogen (secondary N) is 1. The molecule has 2 aromatic heterocycles. The van der Waals surface area contributed by atoms with Crippen LogP contribution in [0.2, 0.25) is 0 Å². The van der Waals surface area contributed by atoms with Gasteiger partial charge < -0.3 is 10.3 Å². The maximum atomic E-state index is 5.42. The van der Waals surface area contributed by atoms with Gasteiger partial charge in [-0.2, -0.15) is 9.97 Å². The quantitative estimate of drug-likeness (QED) is 0.694. The molecule has 0 aliphatic carbocycles. The Morgan fingerprint density at radius 2 is 2.05 bits per heavy atom. The molecule has 0 atom stereocenters. The van der Waals surface area contributed by atoms with E-state index in [4.69, 9.17) is 10.3 Å². The second kappa shape index (κ2) is 5.63. The van der Waals surface area contributed by atoms with Crippen molar-refractivity contribution in [2.24, 2.45) is 0 Å². The molecule has 0 aliphatic heterocycles. The summed E-state index contributed by atoms with van der Waals surface area (Å²) in [6, 6.07) is 8.02. The Kier molecular flexibility index (Phi) is 3.70. The summed E-state index contributed by atoms with van der Waals surface area (Å²) in [6.45, 7) is 0. The van der Waals surface area contributed by atoms with Crippen LogP contribution in [0.15, 0.2) is 38.2 Å². The Hall–Kier alpha value is -1.87. The van der Waals surface area contributed by atoms with Gasteiger partial charge in [-0.15, -0.1) is 16.9 Å². The minimum absolute atomic E-state index is 0.143. The summed E-state index contributed by atoms with van der Waals surface area (Å²) in [5, 5.41) is 10.2. The second-order valence-electron chi connectivity index (χ2n) is 3.80. The number of H-pyrrole nitrogens is 1. The van der Waals surface area contributed by atoms with Crippen LogP contribution in [0.25, 0.3) is 11.7 Å². The summed E-state index contributed by atoms with van der Waals surface area (Å²) in [5.74, 6) is 1.98. The number of halogens is 1. The van der Waals surface area contributed by atoms with E-state index in [1.807, 2.05) is 24.3 Å². The van der Waals surface area contributed by atoms with E-state index in [2.05, 4.69) is 41.3 Å². The van der Waals surface area contributed by atoms with Crippen molar-refractivity contribution in [2.75, 3.05) is 5.73 Å². The van der Waals surface area contributed by atoms with Crippen LogP contribution < -0.4 is 5.73 Å². The summed E-state index contributed by atoms with van der Waals surface area (Å²) >= 11 is 5.02. The zero-order chi connectivity index (χ0) is 13.9. The minimum atomic E-state index is 0.143. The van der Waals surface area contributed by atoms with Gasteiger partial charge in [0.05, 0.1) is 5.75 Å². The van der Waals surface area contributed by atoms with E-state index in [1.165, 1.54) is 0 Å². The first-order valence-electron chi connectivity index (χ1n) is 5.60. The van der Waals surface area contributed by atoms with Crippen molar-refractivity contribution in [2.45, 2.75) is 10.6 Å². The highest BCUT2D eigenvalue weighted by Gasteiger charge is 2.12. The van der Waals surface area contributed by atoms with Gasteiger partial charge in [0.2, 0.25) is 11.8 Å². The molecule has 0 spiro atoms. The molecule has 9 heteroatoms. The number of benzene rings is 1. The number of anilines is 1. The Morgan fingerprint density at radius 1 is 1.25 bits per heavy atom. The smallest absolute Gasteiger partial charge is 0.295 e. The Bertz CT molecular complexity index is 710. The van der Waals surface area contributed by atoms with E-state index in [0.717, 1.165) is 9.37 Å². The molecule has 102 valence electrons. The third kappa shape index (κ3) is 2.99. The molecule has 0 bridgehead atoms. The minimum Gasteiger partial charge on any atom is -0.366 e. The van der Waals surface area contributed by atoms with Gasteiger partial charge in [0.25, 0.3) is 5.89 Å². The molecule has 0 unspecified atom stereocenters. The van der Waals surface area contributed by atoms with E-state index in [-0.39, 0.29) is 11.8 Å². The predicted octanol–water partition coefficient (Wildman–Crippen LogP) is 2.49. The number of nitrogens with two attached hydrogens (primary N) is 1. The zero-order valence-corrected chi connectivity index (χ0v) is 12.5. The molecule has 3 aromatic rings. The third-order valence-electron chi connectivity index (χ3n) is 2.35. The number of thioether (sulfide) groups is 1. The van der Waals surface area contributed by atoms with E-state index in [1.54, 1.807) is 11.8 Å². The lowest BCUT2D eigenvalue weighted by molar-refractivity contribution is 0.422. The summed E-state index contributed by atoms with van der Waals surface area (Å²) in [7, 11) is 0. The number of hydrogen-bond acceptors (Lipinski definition) is 7. The van der Waals surface area contributed by atoms with Crippen molar-refractivity contribution >= 4 is 33.6 Å². The number of aromatic nitrogens is 5. The average Bonchev–Trinajstić information content (AvgIpc) is 3.07. The summed E-state index contributed by atoms with van der Waals surface area (Å²) in [5.41, 5.74) is 5.42. The number of aromatic amines is 1. The fraction of sp³-hybridized carbons (Fsp3) is 0.0909. The van der Waals surface area contributed by atoms with Crippen LogP contribution in [0.5, 0.6) is 0 Å². The molecule has 0 radical (unpaired) electrons. The van der Waals surface area contributed by atoms with Crippen molar-refractivity contribution in [3.63, 3.8) is 0 Å². The average molecular weight is 353 g/mol. The van der Waals surface area contributed by atoms with Gasteiger partial charge in [-0.1, -0.05) is 21.1 Å². The number of nitrogen functional groups attached to an aromatic ring is 1. The molecule has 0 amide bonds. The number of nitrogens with zero attached hydrogens (tertiary/aromatic N) is 4. The zero-order valence-electron chi connectivity index (χ0n) is 10.1. The lowest BCUT2D eigenvalue weighted by atomic mass is 10.4. The van der Waals surface area contributed by atoms with Gasteiger partial charge in [-0.05, 0) is 24.3 Å². The van der Waals surface area contributed by atoms with Crippen molar-refractivity contribution in [1.82, 2.24) is 25.3 Å². The maximum Gasteiger partial charge on any atom is 0.295 e. The van der Waals surface area contributed by atoms with Gasteiger partial charge >= 0.3 is 0 Å². The van der Waals surface area contributed by atoms with Gasteiger partial charge in [-0.3, -0.25) is 5.10 Å². The van der Waals surface area contributed by atoms with Gasteiger partial charge in [0.15, 0.2) is 5.82 Å². The molecule has 0 saturated heterocycles. The normalized spacial score (nSPS) is 10.8. The SMILES string of the molecule is Nc1n[nH]c(-c2nc(CSc3ccc(Br)cc3)no2)n1. The Balaban J connectivity index is 1.67. The predicted molar refractivity (Wildman–Crippen MR) is 77.8 cm³/mol. The van der Waals surface area contributed by atoms with E-state index in [0.29, 0.717) is 17.4 Å². The van der Waals surface area contributed by atoms with Crippen molar-refractivity contribution in [3.8, 4) is 11.7 Å². The standard InChI is InChI=1S/C11H9BrN6OS/c12-6-1-3-7(4-2-6)20-5-8-14-10(19-18-8)9-15-11(13)17-16-9/h1-4H,5H2,(H3,13,15,16,17). The Morgan fingerprint density at radius 3 is 2.75 bits per heavy atom. The summed E-state index contributed by atoms with van der Waals surface area (Å²) < 4.78 is 6.15. The topological polar surface area (TPSA) is 107 Å². The highest BCUT2D eigenvalue weighted by molar-refractivity contribution is 9.10. The van der Waals surface area contributed by atoms with Crippen LogP contribution in [0.3, 0.4) is 0 Å². The van der Waals surface area contributed by atoms with Gasteiger partial charge in [0.1, 0.15) is 0 Å². The first-order valence-corrected chi connectivity index (χ1v) is 7.38. The molecule has 20 heavy (non-hydrogen) atoms. The third-order valence-corrected chi connectivity index (χ3v) is 3.89. The molecule has 1 aromatic carbocycles. The van der Waals surface area contributed by atoms with Crippen LogP contribution in [0.4, 0.5) is 5.95 Å². The molecule has 3 N–H and O–H groups in total. The fourth-order valence-electron chi connectivity index (χ4n) is 1.46. The molecule has 7 nitrogen and oxygen atoms in total. The van der Waals surface area contributed by atoms with Crippen molar-refractivity contribution in [3.05, 3.63) is 34.6 Å². The largest absolute Gasteiger partial charge is 0.366 e. The summed E-state index contributed by atoms with van der Waals surface area (Å²) in [6.07, 6.45) is 0. The first-order chi connectivity index (χ1) is 9.70. The van der Waals surface area contributed by atoms with Crippen LogP contribution in [0, 0.1) is 0 Å². The van der Waals surface area contributed by atoms with E-state index < -0.39 is 0 Å². The van der Waals surface area contributed by atoms with Gasteiger partial charge in [-0.25, -0.2) is 0 Å². The van der Waals surface area contributed by atoms with E-state index >= 15 is 0 Å². The molecular formula is C11H9BrN6OS. The first kappa shape index (κ1) is 13.1.